The maximum absolute atomic E-state index is 5.37. The van der Waals surface area contributed by atoms with Gasteiger partial charge in [0.1, 0.15) is 0 Å². The van der Waals surface area contributed by atoms with E-state index in [1.54, 1.807) is 13.3 Å². The number of hydrogen-bond acceptors (Lipinski definition) is 3. The van der Waals surface area contributed by atoms with Crippen molar-refractivity contribution in [3.05, 3.63) is 18.0 Å². The number of rotatable bonds is 4. The minimum absolute atomic E-state index is 0.583. The van der Waals surface area contributed by atoms with E-state index in [4.69, 9.17) is 4.74 Å². The molecule has 3 nitrogen and oxygen atoms in total. The monoisotopic (exact) mass is 248 g/mol. The van der Waals surface area contributed by atoms with Crippen molar-refractivity contribution in [3.8, 4) is 5.75 Å². The predicted octanol–water partition coefficient (Wildman–Crippen LogP) is 3.78. The van der Waals surface area contributed by atoms with Gasteiger partial charge in [-0.3, -0.25) is 4.98 Å². The molecule has 1 N–H and O–H groups in total. The minimum atomic E-state index is 0.583. The van der Waals surface area contributed by atoms with Crippen LogP contribution in [0, 0.1) is 12.8 Å². The number of aromatic nitrogens is 1. The van der Waals surface area contributed by atoms with Crippen molar-refractivity contribution in [1.29, 1.82) is 0 Å². The third-order valence-electron chi connectivity index (χ3n) is 3.94. The van der Waals surface area contributed by atoms with E-state index < -0.39 is 0 Å². The van der Waals surface area contributed by atoms with Crippen molar-refractivity contribution in [1.82, 2.24) is 4.98 Å². The molecule has 2 unspecified atom stereocenters. The van der Waals surface area contributed by atoms with Crippen molar-refractivity contribution in [2.24, 2.45) is 5.92 Å². The third-order valence-corrected chi connectivity index (χ3v) is 3.94. The van der Waals surface area contributed by atoms with Crippen molar-refractivity contribution in [2.45, 2.75) is 52.0 Å². The normalized spacial score (nSPS) is 23.7. The summed E-state index contributed by atoms with van der Waals surface area (Å²) < 4.78 is 5.37. The Kier molecular flexibility index (Phi) is 4.45. The van der Waals surface area contributed by atoms with Gasteiger partial charge in [-0.25, -0.2) is 0 Å². The Balaban J connectivity index is 2.06. The quantitative estimate of drug-likeness (QED) is 0.880. The van der Waals surface area contributed by atoms with Gasteiger partial charge in [-0.05, 0) is 31.7 Å². The standard InChI is InChI=1S/C15H24N2O/c1-4-12-6-5-7-13(9-12)17-14-8-11(2)16-10-15(14)18-3/h8,10,12-13H,4-7,9H2,1-3H3,(H,16,17). The molecule has 1 fully saturated rings. The molecule has 100 valence electrons. The lowest BCUT2D eigenvalue weighted by Gasteiger charge is -2.30. The Labute approximate surface area is 110 Å². The van der Waals surface area contributed by atoms with Crippen LogP contribution in [0.3, 0.4) is 0 Å². The predicted molar refractivity (Wildman–Crippen MR) is 75.2 cm³/mol. The number of nitrogens with one attached hydrogen (secondary N) is 1. The average Bonchev–Trinajstić information content (AvgIpc) is 2.39. The summed E-state index contributed by atoms with van der Waals surface area (Å²) in [5.41, 5.74) is 2.12. The highest BCUT2D eigenvalue weighted by Crippen LogP contribution is 2.31. The summed E-state index contributed by atoms with van der Waals surface area (Å²) in [6.45, 7) is 4.31. The largest absolute Gasteiger partial charge is 0.493 e. The van der Waals surface area contributed by atoms with Crippen molar-refractivity contribution in [2.75, 3.05) is 12.4 Å². The average molecular weight is 248 g/mol. The lowest BCUT2D eigenvalue weighted by molar-refractivity contribution is 0.326. The van der Waals surface area contributed by atoms with E-state index in [2.05, 4.69) is 23.3 Å². The van der Waals surface area contributed by atoms with Crippen LogP contribution in [-0.2, 0) is 0 Å². The molecule has 1 aliphatic carbocycles. The van der Waals surface area contributed by atoms with Gasteiger partial charge in [-0.15, -0.1) is 0 Å². The summed E-state index contributed by atoms with van der Waals surface area (Å²) in [5.74, 6) is 1.73. The Morgan fingerprint density at radius 3 is 3.00 bits per heavy atom. The smallest absolute Gasteiger partial charge is 0.160 e. The maximum Gasteiger partial charge on any atom is 0.160 e. The molecule has 1 aliphatic rings. The van der Waals surface area contributed by atoms with E-state index in [1.807, 2.05) is 6.92 Å². The van der Waals surface area contributed by atoms with Crippen LogP contribution in [0.4, 0.5) is 5.69 Å². The molecule has 18 heavy (non-hydrogen) atoms. The van der Waals surface area contributed by atoms with Crippen LogP contribution in [0.15, 0.2) is 12.3 Å². The van der Waals surface area contributed by atoms with Crippen LogP contribution in [-0.4, -0.2) is 18.1 Å². The molecule has 1 heterocycles. The molecule has 0 bridgehead atoms. The van der Waals surface area contributed by atoms with E-state index >= 15 is 0 Å². The number of aryl methyl sites for hydroxylation is 1. The van der Waals surface area contributed by atoms with Gasteiger partial charge in [0.15, 0.2) is 5.75 Å². The topological polar surface area (TPSA) is 34.2 Å². The van der Waals surface area contributed by atoms with Gasteiger partial charge in [0.2, 0.25) is 0 Å². The summed E-state index contributed by atoms with van der Waals surface area (Å²) in [6, 6.07) is 2.66. The molecule has 0 saturated heterocycles. The lowest BCUT2D eigenvalue weighted by atomic mass is 9.84. The molecular formula is C15H24N2O. The first-order chi connectivity index (χ1) is 8.72. The van der Waals surface area contributed by atoms with Gasteiger partial charge in [0.25, 0.3) is 0 Å². The highest BCUT2D eigenvalue weighted by Gasteiger charge is 2.21. The second-order valence-corrected chi connectivity index (χ2v) is 5.31. The fraction of sp³-hybridized carbons (Fsp3) is 0.667. The molecule has 2 atom stereocenters. The molecule has 0 aliphatic heterocycles. The first-order valence-electron chi connectivity index (χ1n) is 7.00. The first-order valence-corrected chi connectivity index (χ1v) is 7.00. The molecule has 0 spiro atoms. The van der Waals surface area contributed by atoms with Crippen LogP contribution >= 0.6 is 0 Å². The molecular weight excluding hydrogens is 224 g/mol. The summed E-state index contributed by atoms with van der Waals surface area (Å²) in [7, 11) is 1.70. The van der Waals surface area contributed by atoms with E-state index in [0.29, 0.717) is 6.04 Å². The Hall–Kier alpha value is -1.25. The molecule has 0 amide bonds. The summed E-state index contributed by atoms with van der Waals surface area (Å²) in [4.78, 5) is 4.27. The van der Waals surface area contributed by atoms with Crippen molar-refractivity contribution < 1.29 is 4.74 Å². The van der Waals surface area contributed by atoms with E-state index in [1.165, 1.54) is 32.1 Å². The highest BCUT2D eigenvalue weighted by molar-refractivity contribution is 5.56. The van der Waals surface area contributed by atoms with Gasteiger partial charge in [0, 0.05) is 11.7 Å². The second kappa shape index (κ2) is 6.07. The number of pyridine rings is 1. The second-order valence-electron chi connectivity index (χ2n) is 5.31. The molecule has 1 aromatic heterocycles. The highest BCUT2D eigenvalue weighted by atomic mass is 16.5. The van der Waals surface area contributed by atoms with Crippen LogP contribution < -0.4 is 10.1 Å². The number of hydrogen-bond donors (Lipinski definition) is 1. The van der Waals surface area contributed by atoms with Crippen LogP contribution in [0.2, 0.25) is 0 Å². The summed E-state index contributed by atoms with van der Waals surface area (Å²) >= 11 is 0. The zero-order valence-electron chi connectivity index (χ0n) is 11.7. The fourth-order valence-corrected chi connectivity index (χ4v) is 2.84. The number of methoxy groups -OCH3 is 1. The fourth-order valence-electron chi connectivity index (χ4n) is 2.84. The van der Waals surface area contributed by atoms with E-state index in [9.17, 15) is 0 Å². The molecule has 1 saturated carbocycles. The van der Waals surface area contributed by atoms with Gasteiger partial charge in [0.05, 0.1) is 19.0 Å². The summed E-state index contributed by atoms with van der Waals surface area (Å²) in [5, 5.41) is 3.64. The Bertz CT molecular complexity index is 392. The number of ether oxygens (including phenoxy) is 1. The van der Waals surface area contributed by atoms with Gasteiger partial charge >= 0.3 is 0 Å². The zero-order chi connectivity index (χ0) is 13.0. The zero-order valence-corrected chi connectivity index (χ0v) is 11.7. The van der Waals surface area contributed by atoms with Gasteiger partial charge in [-0.2, -0.15) is 0 Å². The number of anilines is 1. The van der Waals surface area contributed by atoms with Gasteiger partial charge < -0.3 is 10.1 Å². The lowest BCUT2D eigenvalue weighted by Crippen LogP contribution is -2.27. The molecule has 3 heteroatoms. The Morgan fingerprint density at radius 1 is 1.44 bits per heavy atom. The molecule has 2 rings (SSSR count). The van der Waals surface area contributed by atoms with Crippen LogP contribution in [0.25, 0.3) is 0 Å². The molecule has 0 radical (unpaired) electrons. The maximum atomic E-state index is 5.37. The van der Waals surface area contributed by atoms with E-state index in [-0.39, 0.29) is 0 Å². The SMILES string of the molecule is CCC1CCCC(Nc2cc(C)ncc2OC)C1. The van der Waals surface area contributed by atoms with Crippen LogP contribution in [0.1, 0.15) is 44.7 Å². The molecule has 0 aromatic carbocycles. The van der Waals surface area contributed by atoms with Crippen molar-refractivity contribution >= 4 is 5.69 Å². The first kappa shape index (κ1) is 13.2. The molecule has 1 aromatic rings. The van der Waals surface area contributed by atoms with Crippen molar-refractivity contribution in [3.63, 3.8) is 0 Å². The van der Waals surface area contributed by atoms with Gasteiger partial charge in [-0.1, -0.05) is 26.2 Å². The summed E-state index contributed by atoms with van der Waals surface area (Å²) in [6.07, 6.45) is 8.37. The third kappa shape index (κ3) is 3.15. The minimum Gasteiger partial charge on any atom is -0.493 e. The van der Waals surface area contributed by atoms with E-state index in [0.717, 1.165) is 23.0 Å². The number of nitrogens with zero attached hydrogens (tertiary/aromatic N) is 1. The van der Waals surface area contributed by atoms with Crippen LogP contribution in [0.5, 0.6) is 5.75 Å². The Morgan fingerprint density at radius 2 is 2.28 bits per heavy atom.